The molecule has 3 aliphatic heterocycles. The fourth-order valence-electron chi connectivity index (χ4n) is 5.71. The van der Waals surface area contributed by atoms with Gasteiger partial charge in [-0.3, -0.25) is 24.1 Å². The van der Waals surface area contributed by atoms with E-state index >= 15 is 0 Å². The Balaban J connectivity index is 1.33. The summed E-state index contributed by atoms with van der Waals surface area (Å²) in [5.74, 6) is 0.0432. The summed E-state index contributed by atoms with van der Waals surface area (Å²) in [6.07, 6.45) is 0.863. The Bertz CT molecular complexity index is 1320. The third-order valence-corrected chi connectivity index (χ3v) is 7.99. The minimum atomic E-state index is -0.428. The average molecular weight is 564 g/mol. The number of nitrogens with one attached hydrogen (secondary N) is 1. The third kappa shape index (κ3) is 6.86. The maximum absolute atomic E-state index is 13.5. The SMILES string of the molecule is Cc1ccc2cc1Oc1cccc(c1)CO[C@H]1CN(C(=O)C3CCN(CC(N)=O)CC3)C[C@@H]1NC(=O)CN(C)C2=O. The van der Waals surface area contributed by atoms with Crippen LogP contribution in [0.2, 0.25) is 0 Å². The van der Waals surface area contributed by atoms with Crippen molar-refractivity contribution in [2.24, 2.45) is 11.7 Å². The number of hydrogen-bond donors (Lipinski definition) is 2. The van der Waals surface area contributed by atoms with Gasteiger partial charge in [0.25, 0.3) is 5.91 Å². The molecule has 0 unspecified atom stereocenters. The summed E-state index contributed by atoms with van der Waals surface area (Å²) in [6, 6.07) is 12.4. The highest BCUT2D eigenvalue weighted by Gasteiger charge is 2.40. The van der Waals surface area contributed by atoms with Gasteiger partial charge in [-0.1, -0.05) is 18.2 Å². The summed E-state index contributed by atoms with van der Waals surface area (Å²) in [5, 5.41) is 3.01. The summed E-state index contributed by atoms with van der Waals surface area (Å²) < 4.78 is 12.4. The van der Waals surface area contributed by atoms with Crippen molar-refractivity contribution in [2.75, 3.05) is 46.3 Å². The van der Waals surface area contributed by atoms with Crippen molar-refractivity contribution in [2.45, 2.75) is 38.5 Å². The van der Waals surface area contributed by atoms with E-state index in [-0.39, 0.29) is 49.2 Å². The van der Waals surface area contributed by atoms with Gasteiger partial charge < -0.3 is 30.3 Å². The van der Waals surface area contributed by atoms with Crippen LogP contribution in [0.25, 0.3) is 0 Å². The number of amides is 4. The first-order chi connectivity index (χ1) is 19.7. The van der Waals surface area contributed by atoms with Gasteiger partial charge in [0.2, 0.25) is 17.7 Å². The number of nitrogens with two attached hydrogens (primary N) is 1. The molecule has 5 rings (SSSR count). The predicted octanol–water partition coefficient (Wildman–Crippen LogP) is 1.28. The Labute approximate surface area is 239 Å². The topological polar surface area (TPSA) is 135 Å². The van der Waals surface area contributed by atoms with Gasteiger partial charge in [0, 0.05) is 31.6 Å². The van der Waals surface area contributed by atoms with E-state index in [9.17, 15) is 19.2 Å². The van der Waals surface area contributed by atoms with E-state index in [0.717, 1.165) is 11.1 Å². The fourth-order valence-corrected chi connectivity index (χ4v) is 5.71. The molecule has 2 aromatic carbocycles. The smallest absolute Gasteiger partial charge is 0.254 e. The van der Waals surface area contributed by atoms with Crippen molar-refractivity contribution in [3.8, 4) is 11.5 Å². The minimum absolute atomic E-state index is 0.0253. The highest BCUT2D eigenvalue weighted by molar-refractivity contribution is 5.96. The van der Waals surface area contributed by atoms with Crippen LogP contribution >= 0.6 is 0 Å². The maximum Gasteiger partial charge on any atom is 0.254 e. The van der Waals surface area contributed by atoms with Crippen molar-refractivity contribution in [3.05, 3.63) is 59.2 Å². The van der Waals surface area contributed by atoms with E-state index in [1.54, 1.807) is 24.1 Å². The number of fused-ring (bicyclic) bond motifs is 5. The van der Waals surface area contributed by atoms with Crippen LogP contribution in [-0.2, 0) is 25.7 Å². The van der Waals surface area contributed by atoms with E-state index in [4.69, 9.17) is 15.2 Å². The molecule has 11 heteroatoms. The molecule has 3 heterocycles. The van der Waals surface area contributed by atoms with Gasteiger partial charge in [0.05, 0.1) is 31.8 Å². The molecule has 3 N–H and O–H groups in total. The zero-order chi connectivity index (χ0) is 29.1. The quantitative estimate of drug-likeness (QED) is 0.575. The number of aryl methyl sites for hydroxylation is 1. The Morgan fingerprint density at radius 3 is 2.61 bits per heavy atom. The van der Waals surface area contributed by atoms with Crippen LogP contribution in [0.4, 0.5) is 0 Å². The van der Waals surface area contributed by atoms with Crippen molar-refractivity contribution in [1.82, 2.24) is 20.0 Å². The highest BCUT2D eigenvalue weighted by atomic mass is 16.5. The minimum Gasteiger partial charge on any atom is -0.457 e. The first kappa shape index (κ1) is 28.6. The van der Waals surface area contributed by atoms with E-state index in [1.165, 1.54) is 4.90 Å². The lowest BCUT2D eigenvalue weighted by Crippen LogP contribution is -2.48. The normalized spacial score (nSPS) is 22.6. The number of likely N-dealkylation sites (N-methyl/N-ethyl adjacent to an activating group) is 1. The van der Waals surface area contributed by atoms with Crippen LogP contribution in [0.1, 0.15) is 34.3 Å². The van der Waals surface area contributed by atoms with Gasteiger partial charge in [0.15, 0.2) is 0 Å². The summed E-state index contributed by atoms with van der Waals surface area (Å²) in [5.41, 5.74) is 7.50. The second kappa shape index (κ2) is 12.3. The second-order valence-electron chi connectivity index (χ2n) is 11.2. The Morgan fingerprint density at radius 1 is 1.07 bits per heavy atom. The highest BCUT2D eigenvalue weighted by Crippen LogP contribution is 2.29. The number of piperidine rings is 1. The molecule has 4 amide bonds. The van der Waals surface area contributed by atoms with E-state index < -0.39 is 12.1 Å². The molecule has 0 aromatic heterocycles. The van der Waals surface area contributed by atoms with Crippen LogP contribution in [0, 0.1) is 12.8 Å². The van der Waals surface area contributed by atoms with Gasteiger partial charge in [-0.25, -0.2) is 0 Å². The van der Waals surface area contributed by atoms with Crippen LogP contribution < -0.4 is 15.8 Å². The van der Waals surface area contributed by atoms with Gasteiger partial charge in [0.1, 0.15) is 11.5 Å². The monoisotopic (exact) mass is 563 g/mol. The fraction of sp³-hybridized carbons (Fsp3) is 0.467. The molecule has 11 nitrogen and oxygen atoms in total. The number of hydrogen-bond acceptors (Lipinski definition) is 7. The molecule has 41 heavy (non-hydrogen) atoms. The Morgan fingerprint density at radius 2 is 1.85 bits per heavy atom. The van der Waals surface area contributed by atoms with Crippen LogP contribution in [0.15, 0.2) is 42.5 Å². The number of rotatable bonds is 3. The lowest BCUT2D eigenvalue weighted by atomic mass is 9.95. The summed E-state index contributed by atoms with van der Waals surface area (Å²) in [4.78, 5) is 56.0. The largest absolute Gasteiger partial charge is 0.457 e. The van der Waals surface area contributed by atoms with Gasteiger partial charge >= 0.3 is 0 Å². The lowest BCUT2D eigenvalue weighted by molar-refractivity contribution is -0.136. The lowest BCUT2D eigenvalue weighted by Gasteiger charge is -2.32. The number of primary amides is 1. The average Bonchev–Trinajstić information content (AvgIpc) is 3.34. The van der Waals surface area contributed by atoms with Crippen LogP contribution in [0.3, 0.4) is 0 Å². The molecule has 4 bridgehead atoms. The molecular formula is C30H37N5O6. The van der Waals surface area contributed by atoms with Crippen molar-refractivity contribution in [3.63, 3.8) is 0 Å². The number of ether oxygens (including phenoxy) is 2. The molecular weight excluding hydrogens is 526 g/mol. The van der Waals surface area contributed by atoms with E-state index in [1.807, 2.05) is 42.2 Å². The van der Waals surface area contributed by atoms with Gasteiger partial charge in [-0.05, 0) is 68.2 Å². The molecule has 0 aliphatic carbocycles. The second-order valence-corrected chi connectivity index (χ2v) is 11.2. The molecule has 2 aromatic rings. The standard InChI is InChI=1S/C30H37N5O6/c1-19-6-7-22-13-25(19)41-23-5-3-4-20(12-23)18-40-26-15-35(14-24(26)32-28(37)17-33(2)29(22)38)30(39)21-8-10-34(11-9-21)16-27(31)36/h3-7,12-13,21,24,26H,8-11,14-18H2,1-2H3,(H2,31,36)(H,32,37)/t24-,26-/m0/s1. The zero-order valence-electron chi connectivity index (χ0n) is 23.5. The van der Waals surface area contributed by atoms with Crippen molar-refractivity contribution in [1.29, 1.82) is 0 Å². The number of carbonyl (C=O) groups excluding carboxylic acids is 4. The van der Waals surface area contributed by atoms with Crippen LogP contribution in [-0.4, -0.2) is 96.8 Å². The van der Waals surface area contributed by atoms with E-state index in [2.05, 4.69) is 5.32 Å². The molecule has 0 saturated carbocycles. The van der Waals surface area contributed by atoms with Crippen LogP contribution in [0.5, 0.6) is 11.5 Å². The molecule has 0 radical (unpaired) electrons. The number of likely N-dealkylation sites (tertiary alicyclic amines) is 2. The van der Waals surface area contributed by atoms with Gasteiger partial charge in [-0.15, -0.1) is 0 Å². The first-order valence-corrected chi connectivity index (χ1v) is 14.0. The maximum atomic E-state index is 13.5. The number of nitrogens with zero attached hydrogens (tertiary/aromatic N) is 3. The Hall–Kier alpha value is -3.96. The van der Waals surface area contributed by atoms with Crippen molar-refractivity contribution >= 4 is 23.6 Å². The third-order valence-electron chi connectivity index (χ3n) is 7.99. The molecule has 0 spiro atoms. The molecule has 218 valence electrons. The molecule has 2 saturated heterocycles. The molecule has 2 fully saturated rings. The predicted molar refractivity (Wildman–Crippen MR) is 150 cm³/mol. The Kier molecular flexibility index (Phi) is 8.55. The summed E-state index contributed by atoms with van der Waals surface area (Å²) >= 11 is 0. The zero-order valence-corrected chi connectivity index (χ0v) is 23.5. The summed E-state index contributed by atoms with van der Waals surface area (Å²) in [6.45, 7) is 4.17. The molecule has 2 atom stereocenters. The number of benzene rings is 2. The van der Waals surface area contributed by atoms with Gasteiger partial charge in [-0.2, -0.15) is 0 Å². The first-order valence-electron chi connectivity index (χ1n) is 14.0. The number of carbonyl (C=O) groups is 4. The van der Waals surface area contributed by atoms with E-state index in [0.29, 0.717) is 56.1 Å². The van der Waals surface area contributed by atoms with Crippen molar-refractivity contribution < 1.29 is 28.7 Å². The molecule has 3 aliphatic rings. The summed E-state index contributed by atoms with van der Waals surface area (Å²) in [7, 11) is 1.58.